The van der Waals surface area contributed by atoms with Gasteiger partial charge in [-0.1, -0.05) is 31.2 Å². The van der Waals surface area contributed by atoms with E-state index in [1.54, 1.807) is 25.3 Å². The van der Waals surface area contributed by atoms with Gasteiger partial charge in [-0.15, -0.1) is 0 Å². The number of benzene rings is 2. The molecule has 1 unspecified atom stereocenters. The largest absolute Gasteiger partial charge is 0.273 e. The summed E-state index contributed by atoms with van der Waals surface area (Å²) in [7, 11) is 0. The van der Waals surface area contributed by atoms with E-state index in [0.29, 0.717) is 18.5 Å². The maximum Gasteiger partial charge on any atom is 0.243 e. The molecule has 0 radical (unpaired) electrons. The average Bonchev–Trinajstić information content (AvgIpc) is 3.13. The van der Waals surface area contributed by atoms with Gasteiger partial charge < -0.3 is 0 Å². The van der Waals surface area contributed by atoms with Gasteiger partial charge in [0.1, 0.15) is 11.9 Å². The first-order chi connectivity index (χ1) is 12.7. The number of hydrogen-bond donors (Lipinski definition) is 0. The van der Waals surface area contributed by atoms with Crippen LogP contribution >= 0.6 is 0 Å². The molecule has 0 bridgehead atoms. The number of halogens is 1. The first-order valence-corrected chi connectivity index (χ1v) is 8.53. The highest BCUT2D eigenvalue weighted by Gasteiger charge is 2.33. The van der Waals surface area contributed by atoms with Crippen LogP contribution < -0.4 is 0 Å². The van der Waals surface area contributed by atoms with E-state index in [-0.39, 0.29) is 17.8 Å². The Morgan fingerprint density at radius 3 is 2.62 bits per heavy atom. The smallest absolute Gasteiger partial charge is 0.243 e. The zero-order chi connectivity index (χ0) is 18.1. The molecule has 130 valence electrons. The number of hydrazone groups is 1. The molecule has 6 heteroatoms. The van der Waals surface area contributed by atoms with Gasteiger partial charge in [-0.3, -0.25) is 9.78 Å². The summed E-state index contributed by atoms with van der Waals surface area (Å²) in [6.45, 7) is 1.80. The lowest BCUT2D eigenvalue weighted by Crippen LogP contribution is -2.26. The Labute approximate surface area is 150 Å². The highest BCUT2D eigenvalue weighted by molar-refractivity contribution is 6.03. The van der Waals surface area contributed by atoms with Crippen LogP contribution in [0.3, 0.4) is 0 Å². The van der Waals surface area contributed by atoms with E-state index in [0.717, 1.165) is 22.3 Å². The Balaban J connectivity index is 1.72. The Morgan fingerprint density at radius 2 is 1.88 bits per heavy atom. The van der Waals surface area contributed by atoms with Crippen molar-refractivity contribution in [3.63, 3.8) is 0 Å². The van der Waals surface area contributed by atoms with Gasteiger partial charge in [-0.25, -0.2) is 14.4 Å². The molecule has 0 fully saturated rings. The SMILES string of the molecule is CCC(=O)N1N=C(c2ccc(F)cc2)CC1c1cnc2ccccc2n1. The molecule has 1 aliphatic rings. The number of hydrogen-bond acceptors (Lipinski definition) is 4. The van der Waals surface area contributed by atoms with Gasteiger partial charge >= 0.3 is 0 Å². The van der Waals surface area contributed by atoms with Crippen LogP contribution in [-0.2, 0) is 4.79 Å². The number of rotatable bonds is 3. The lowest BCUT2D eigenvalue weighted by molar-refractivity contribution is -0.132. The second kappa shape index (κ2) is 6.63. The summed E-state index contributed by atoms with van der Waals surface area (Å²) in [6.07, 6.45) is 2.56. The third-order valence-electron chi connectivity index (χ3n) is 4.45. The van der Waals surface area contributed by atoms with Gasteiger partial charge in [-0.2, -0.15) is 5.10 Å². The van der Waals surface area contributed by atoms with Gasteiger partial charge in [0.25, 0.3) is 0 Å². The molecule has 0 spiro atoms. The predicted octanol–water partition coefficient (Wildman–Crippen LogP) is 3.86. The molecule has 5 nitrogen and oxygen atoms in total. The molecule has 2 aromatic carbocycles. The van der Waals surface area contributed by atoms with Crippen LogP contribution in [0, 0.1) is 5.82 Å². The fourth-order valence-corrected chi connectivity index (χ4v) is 3.08. The highest BCUT2D eigenvalue weighted by Crippen LogP contribution is 2.32. The van der Waals surface area contributed by atoms with Crippen LogP contribution in [0.5, 0.6) is 0 Å². The van der Waals surface area contributed by atoms with Gasteiger partial charge in [0.05, 0.1) is 28.6 Å². The van der Waals surface area contributed by atoms with Crippen LogP contribution in [-0.4, -0.2) is 26.6 Å². The highest BCUT2D eigenvalue weighted by atomic mass is 19.1. The second-order valence-electron chi connectivity index (χ2n) is 6.15. The number of carbonyl (C=O) groups excluding carboxylic acids is 1. The lowest BCUT2D eigenvalue weighted by atomic mass is 10.0. The Hall–Kier alpha value is -3.15. The fourth-order valence-electron chi connectivity index (χ4n) is 3.08. The van der Waals surface area contributed by atoms with Crippen LogP contribution in [0.2, 0.25) is 0 Å². The lowest BCUT2D eigenvalue weighted by Gasteiger charge is -2.20. The molecule has 0 saturated carbocycles. The quantitative estimate of drug-likeness (QED) is 0.722. The summed E-state index contributed by atoms with van der Waals surface area (Å²) < 4.78 is 13.2. The molecule has 1 amide bonds. The van der Waals surface area contributed by atoms with E-state index in [1.165, 1.54) is 17.1 Å². The van der Waals surface area contributed by atoms with Crippen LogP contribution in [0.25, 0.3) is 11.0 Å². The maximum absolute atomic E-state index is 13.2. The summed E-state index contributed by atoms with van der Waals surface area (Å²) in [5.41, 5.74) is 3.83. The van der Waals surface area contributed by atoms with Crippen LogP contribution in [0.4, 0.5) is 4.39 Å². The summed E-state index contributed by atoms with van der Waals surface area (Å²) >= 11 is 0. The van der Waals surface area contributed by atoms with Gasteiger partial charge in [0.15, 0.2) is 0 Å². The maximum atomic E-state index is 13.2. The van der Waals surface area contributed by atoms with Crippen LogP contribution in [0.1, 0.15) is 37.1 Å². The minimum absolute atomic E-state index is 0.0814. The van der Waals surface area contributed by atoms with Crippen molar-refractivity contribution in [1.29, 1.82) is 0 Å². The zero-order valence-electron chi connectivity index (χ0n) is 14.3. The Kier molecular flexibility index (Phi) is 4.16. The zero-order valence-corrected chi connectivity index (χ0v) is 14.3. The van der Waals surface area contributed by atoms with E-state index in [9.17, 15) is 9.18 Å². The summed E-state index contributed by atoms with van der Waals surface area (Å²) in [5, 5.41) is 5.99. The number of aromatic nitrogens is 2. The Bertz CT molecular complexity index is 1000. The average molecular weight is 348 g/mol. The van der Waals surface area contributed by atoms with E-state index < -0.39 is 0 Å². The van der Waals surface area contributed by atoms with Gasteiger partial charge in [0.2, 0.25) is 5.91 Å². The molecule has 2 heterocycles. The predicted molar refractivity (Wildman–Crippen MR) is 97.0 cm³/mol. The molecule has 0 aliphatic carbocycles. The monoisotopic (exact) mass is 348 g/mol. The van der Waals surface area contributed by atoms with Crippen molar-refractivity contribution in [2.24, 2.45) is 5.10 Å². The summed E-state index contributed by atoms with van der Waals surface area (Å²) in [4.78, 5) is 21.5. The van der Waals surface area contributed by atoms with Crippen molar-refractivity contribution in [3.8, 4) is 0 Å². The van der Waals surface area contributed by atoms with Crippen molar-refractivity contribution in [2.75, 3.05) is 0 Å². The third-order valence-corrected chi connectivity index (χ3v) is 4.45. The topological polar surface area (TPSA) is 58.5 Å². The number of para-hydroxylation sites is 2. The normalized spacial score (nSPS) is 16.8. The molecular weight excluding hydrogens is 331 g/mol. The number of amides is 1. The molecule has 0 saturated heterocycles. The van der Waals surface area contributed by atoms with Gasteiger partial charge in [-0.05, 0) is 29.8 Å². The van der Waals surface area contributed by atoms with E-state index >= 15 is 0 Å². The summed E-state index contributed by atoms with van der Waals surface area (Å²) in [5.74, 6) is -0.382. The molecule has 4 rings (SSSR count). The van der Waals surface area contributed by atoms with Crippen molar-refractivity contribution < 1.29 is 9.18 Å². The number of carbonyl (C=O) groups is 1. The van der Waals surface area contributed by atoms with Crippen molar-refractivity contribution in [3.05, 3.63) is 71.8 Å². The van der Waals surface area contributed by atoms with Crippen molar-refractivity contribution in [1.82, 2.24) is 15.0 Å². The molecule has 26 heavy (non-hydrogen) atoms. The fraction of sp³-hybridized carbons (Fsp3) is 0.200. The first-order valence-electron chi connectivity index (χ1n) is 8.53. The minimum Gasteiger partial charge on any atom is -0.273 e. The molecule has 1 atom stereocenters. The van der Waals surface area contributed by atoms with Crippen LogP contribution in [0.15, 0.2) is 59.8 Å². The second-order valence-corrected chi connectivity index (χ2v) is 6.15. The third kappa shape index (κ3) is 2.94. The molecule has 3 aromatic rings. The summed E-state index contributed by atoms with van der Waals surface area (Å²) in [6, 6.07) is 13.5. The standard InChI is InChI=1S/C20H17FN4O/c1-2-20(26)25-19(11-17(24-25)13-7-9-14(21)10-8-13)18-12-22-15-5-3-4-6-16(15)23-18/h3-10,12,19H,2,11H2,1H3. The minimum atomic E-state index is -0.306. The number of nitrogens with zero attached hydrogens (tertiary/aromatic N) is 4. The van der Waals surface area contributed by atoms with Gasteiger partial charge in [0, 0.05) is 12.8 Å². The van der Waals surface area contributed by atoms with E-state index in [2.05, 4.69) is 15.1 Å². The first kappa shape index (κ1) is 16.3. The number of fused-ring (bicyclic) bond motifs is 1. The van der Waals surface area contributed by atoms with Crippen molar-refractivity contribution in [2.45, 2.75) is 25.8 Å². The molecule has 1 aromatic heterocycles. The molecule has 0 N–H and O–H groups in total. The van der Waals surface area contributed by atoms with E-state index in [4.69, 9.17) is 0 Å². The van der Waals surface area contributed by atoms with E-state index in [1.807, 2.05) is 24.3 Å². The van der Waals surface area contributed by atoms with Crippen molar-refractivity contribution >= 4 is 22.7 Å². The Morgan fingerprint density at radius 1 is 1.15 bits per heavy atom. The molecular formula is C20H17FN4O. The molecule has 1 aliphatic heterocycles.